The third kappa shape index (κ3) is 9.98. The van der Waals surface area contributed by atoms with Crippen molar-refractivity contribution >= 4 is 45.3 Å². The molecule has 0 fully saturated rings. The molecule has 0 atom stereocenters. The second-order valence-corrected chi connectivity index (χ2v) is 12.9. The molecule has 0 aliphatic carbocycles. The standard InChI is InChI=1S/C20H16N4O2.C18H17N7O.C4H7N3/c1-24-18-11-12-21-13-17(18)19(23-24)14-7-9-15(10-8-14)22-20(25)26-16-5-3-2-4-6-16;1-25-16-6-7-19-11-15(16)17(24-25)13-2-4-14(5-3-13)23-18(26)20-8-12-9-21-22-10-12;5-1-4-2-6-7-3-4/h2-13H,1H3,(H,22,25);2-7,9-11H,8H2,1H3,(H,21,22)(H2,20,23,26);2-3H,1,5H2,(H,6,7). The first-order valence-corrected chi connectivity index (χ1v) is 18.3. The number of para-hydroxylation sites is 1. The number of aromatic nitrogens is 10. The van der Waals surface area contributed by atoms with Gasteiger partial charge in [0.15, 0.2) is 0 Å². The van der Waals surface area contributed by atoms with Crippen LogP contribution in [0.25, 0.3) is 44.3 Å². The van der Waals surface area contributed by atoms with Gasteiger partial charge in [0, 0.05) is 109 Å². The van der Waals surface area contributed by atoms with Crippen LogP contribution in [0.4, 0.5) is 21.0 Å². The van der Waals surface area contributed by atoms with Gasteiger partial charge in [0.05, 0.1) is 23.4 Å². The molecule has 6 heterocycles. The van der Waals surface area contributed by atoms with Crippen molar-refractivity contribution in [1.82, 2.24) is 55.2 Å². The first-order chi connectivity index (χ1) is 28.8. The number of rotatable bonds is 8. The number of pyridine rings is 2. The first-order valence-electron chi connectivity index (χ1n) is 18.3. The summed E-state index contributed by atoms with van der Waals surface area (Å²) in [6.07, 6.45) is 13.5. The number of amides is 3. The van der Waals surface area contributed by atoms with E-state index in [9.17, 15) is 9.59 Å². The average Bonchev–Trinajstić information content (AvgIpc) is 4.10. The van der Waals surface area contributed by atoms with Crippen LogP contribution in [0.3, 0.4) is 0 Å². The van der Waals surface area contributed by atoms with Gasteiger partial charge in [-0.3, -0.25) is 34.8 Å². The molecule has 0 bridgehead atoms. The quantitative estimate of drug-likeness (QED) is 0.0945. The van der Waals surface area contributed by atoms with Crippen LogP contribution in [-0.2, 0) is 27.2 Å². The Balaban J connectivity index is 0.000000154. The molecule has 0 radical (unpaired) electrons. The summed E-state index contributed by atoms with van der Waals surface area (Å²) in [5.41, 5.74) is 14.2. The van der Waals surface area contributed by atoms with E-state index in [0.29, 0.717) is 30.2 Å². The van der Waals surface area contributed by atoms with E-state index in [-0.39, 0.29) is 6.03 Å². The number of carbonyl (C=O) groups is 2. The van der Waals surface area contributed by atoms with Crippen LogP contribution in [0, 0.1) is 0 Å². The number of fused-ring (bicyclic) bond motifs is 2. The van der Waals surface area contributed by atoms with Crippen LogP contribution >= 0.6 is 0 Å². The Kier molecular flexibility index (Phi) is 12.3. The van der Waals surface area contributed by atoms with Gasteiger partial charge in [-0.05, 0) is 48.5 Å². The van der Waals surface area contributed by atoms with E-state index in [4.69, 9.17) is 10.5 Å². The van der Waals surface area contributed by atoms with E-state index in [1.807, 2.05) is 109 Å². The fourth-order valence-electron chi connectivity index (χ4n) is 5.93. The number of aryl methyl sites for hydroxylation is 2. The molecule has 3 aromatic carbocycles. The summed E-state index contributed by atoms with van der Waals surface area (Å²) in [6.45, 7) is 0.976. The maximum atomic E-state index is 12.0. The summed E-state index contributed by atoms with van der Waals surface area (Å²) < 4.78 is 8.88. The van der Waals surface area contributed by atoms with Crippen LogP contribution in [0.15, 0.2) is 141 Å². The molecule has 59 heavy (non-hydrogen) atoms. The Morgan fingerprint density at radius 3 is 1.68 bits per heavy atom. The van der Waals surface area contributed by atoms with Crippen molar-refractivity contribution in [2.45, 2.75) is 13.1 Å². The number of ether oxygens (including phenoxy) is 1. The molecule has 0 saturated heterocycles. The summed E-state index contributed by atoms with van der Waals surface area (Å²) in [4.78, 5) is 32.3. The molecule has 3 amide bonds. The highest BCUT2D eigenvalue weighted by atomic mass is 16.6. The van der Waals surface area contributed by atoms with Gasteiger partial charge in [0.1, 0.15) is 17.1 Å². The van der Waals surface area contributed by atoms with Gasteiger partial charge < -0.3 is 21.1 Å². The summed E-state index contributed by atoms with van der Waals surface area (Å²) in [6, 6.07) is 27.5. The van der Waals surface area contributed by atoms with E-state index < -0.39 is 6.09 Å². The third-order valence-electron chi connectivity index (χ3n) is 8.88. The topological polar surface area (TPSA) is 224 Å². The van der Waals surface area contributed by atoms with E-state index in [2.05, 4.69) is 56.5 Å². The highest BCUT2D eigenvalue weighted by Crippen LogP contribution is 2.29. The van der Waals surface area contributed by atoms with E-state index in [0.717, 1.165) is 55.4 Å². The van der Waals surface area contributed by atoms with Gasteiger partial charge in [0.25, 0.3) is 0 Å². The maximum absolute atomic E-state index is 12.0. The van der Waals surface area contributed by atoms with Gasteiger partial charge >= 0.3 is 12.1 Å². The Hall–Kier alpha value is -8.18. The summed E-state index contributed by atoms with van der Waals surface area (Å²) in [7, 11) is 3.81. The fourth-order valence-corrected chi connectivity index (χ4v) is 5.93. The predicted octanol–water partition coefficient (Wildman–Crippen LogP) is 6.79. The number of carbonyl (C=O) groups excluding carboxylic acids is 2. The van der Waals surface area contributed by atoms with Gasteiger partial charge in [-0.15, -0.1) is 0 Å². The number of benzene rings is 3. The van der Waals surface area contributed by atoms with E-state index >= 15 is 0 Å². The minimum atomic E-state index is -0.531. The van der Waals surface area contributed by atoms with Crippen LogP contribution in [0.1, 0.15) is 11.1 Å². The fraction of sp³-hybridized carbons (Fsp3) is 0.0952. The zero-order valence-corrected chi connectivity index (χ0v) is 32.1. The molecule has 0 saturated carbocycles. The van der Waals surface area contributed by atoms with Crippen LogP contribution in [0.2, 0.25) is 0 Å². The molecule has 0 spiro atoms. The normalized spacial score (nSPS) is 10.6. The smallest absolute Gasteiger partial charge is 0.410 e. The monoisotopic (exact) mass is 788 g/mol. The minimum absolute atomic E-state index is 0.272. The Morgan fingerprint density at radius 2 is 1.19 bits per heavy atom. The van der Waals surface area contributed by atoms with Crippen molar-refractivity contribution in [3.63, 3.8) is 0 Å². The summed E-state index contributed by atoms with van der Waals surface area (Å²) in [5.74, 6) is 0.495. The van der Waals surface area contributed by atoms with Crippen molar-refractivity contribution in [3.8, 4) is 28.3 Å². The number of H-pyrrole nitrogens is 2. The summed E-state index contributed by atoms with van der Waals surface area (Å²) >= 11 is 0. The van der Waals surface area contributed by atoms with Crippen molar-refractivity contribution < 1.29 is 14.3 Å². The second kappa shape index (κ2) is 18.6. The van der Waals surface area contributed by atoms with Crippen molar-refractivity contribution in [2.24, 2.45) is 19.8 Å². The van der Waals surface area contributed by atoms with Gasteiger partial charge in [0.2, 0.25) is 0 Å². The largest absolute Gasteiger partial charge is 0.417 e. The van der Waals surface area contributed by atoms with Crippen molar-refractivity contribution in [2.75, 3.05) is 10.6 Å². The minimum Gasteiger partial charge on any atom is -0.410 e. The number of nitrogens with one attached hydrogen (secondary N) is 5. The number of hydrogen-bond donors (Lipinski definition) is 6. The van der Waals surface area contributed by atoms with E-state index in [1.54, 1.807) is 55.5 Å². The molecule has 9 rings (SSSR count). The molecule has 296 valence electrons. The summed E-state index contributed by atoms with van der Waals surface area (Å²) in [5, 5.41) is 32.3. The lowest BCUT2D eigenvalue weighted by atomic mass is 10.1. The zero-order valence-electron chi connectivity index (χ0n) is 32.1. The molecule has 17 nitrogen and oxygen atoms in total. The number of urea groups is 1. The molecule has 0 unspecified atom stereocenters. The Bertz CT molecular complexity index is 2730. The highest BCUT2D eigenvalue weighted by Gasteiger charge is 2.13. The first kappa shape index (κ1) is 39.1. The number of anilines is 2. The molecule has 6 aromatic heterocycles. The van der Waals surface area contributed by atoms with Crippen LogP contribution < -0.4 is 26.4 Å². The number of nitrogens with zero attached hydrogens (tertiary/aromatic N) is 8. The lowest BCUT2D eigenvalue weighted by molar-refractivity contribution is 0.215. The van der Waals surface area contributed by atoms with Crippen molar-refractivity contribution in [3.05, 3.63) is 152 Å². The Morgan fingerprint density at radius 1 is 0.661 bits per heavy atom. The predicted molar refractivity (Wildman–Crippen MR) is 225 cm³/mol. The van der Waals surface area contributed by atoms with Gasteiger partial charge in [-0.1, -0.05) is 42.5 Å². The number of hydrogen-bond acceptors (Lipinski definition) is 10. The van der Waals surface area contributed by atoms with E-state index in [1.165, 1.54) is 0 Å². The molecule has 0 aliphatic heterocycles. The molecular weight excluding hydrogens is 749 g/mol. The van der Waals surface area contributed by atoms with Crippen LogP contribution in [-0.4, -0.2) is 62.0 Å². The van der Waals surface area contributed by atoms with Gasteiger partial charge in [-0.2, -0.15) is 20.4 Å². The molecular formula is C42H40N14O3. The lowest BCUT2D eigenvalue weighted by Gasteiger charge is -2.07. The SMILES string of the molecule is Cn1nc(-c2ccc(NC(=O)NCc3cn[nH]c3)cc2)c2cnccc21.Cn1nc(-c2ccc(NC(=O)Oc3ccccc3)cc2)c2cnccc21.NCc1cn[nH]c1. The Labute approximate surface area is 337 Å². The average molecular weight is 789 g/mol. The molecule has 7 N–H and O–H groups in total. The van der Waals surface area contributed by atoms with Crippen molar-refractivity contribution in [1.29, 1.82) is 0 Å². The molecule has 17 heteroatoms. The number of nitrogens with two attached hydrogens (primary N) is 1. The lowest BCUT2D eigenvalue weighted by Crippen LogP contribution is -2.27. The third-order valence-corrected chi connectivity index (χ3v) is 8.88. The molecule has 9 aromatic rings. The zero-order chi connectivity index (χ0) is 41.0. The van der Waals surface area contributed by atoms with Crippen LogP contribution in [0.5, 0.6) is 5.75 Å². The highest BCUT2D eigenvalue weighted by molar-refractivity contribution is 5.95. The van der Waals surface area contributed by atoms with Gasteiger partial charge in [-0.25, -0.2) is 9.59 Å². The number of aromatic amines is 2. The maximum Gasteiger partial charge on any atom is 0.417 e. The molecule has 0 aliphatic rings. The second-order valence-electron chi connectivity index (χ2n) is 12.9.